The number of carboxylic acid groups (broad SMARTS) is 3. The molecule has 3 unspecified atom stereocenters. The molecule has 0 radical (unpaired) electrons. The molecule has 1 aromatic rings. The lowest BCUT2D eigenvalue weighted by molar-refractivity contribution is -0.698. The number of rotatable bonds is 13. The van der Waals surface area contributed by atoms with Crippen LogP contribution >= 0.6 is 12.4 Å². The lowest BCUT2D eigenvalue weighted by atomic mass is 9.96. The highest BCUT2D eigenvalue weighted by Crippen LogP contribution is 2.22. The second kappa shape index (κ2) is 13.0. The Balaban J connectivity index is 0.00000841. The molecule has 3 atom stereocenters. The first-order valence-electron chi connectivity index (χ1n) is 9.21. The Morgan fingerprint density at radius 2 is 1.40 bits per heavy atom. The Morgan fingerprint density at radius 3 is 1.93 bits per heavy atom. The Kier molecular flexibility index (Phi) is 11.9. The van der Waals surface area contributed by atoms with E-state index in [0.717, 1.165) is 0 Å². The summed E-state index contributed by atoms with van der Waals surface area (Å²) in [7, 11) is 0. The van der Waals surface area contributed by atoms with Crippen LogP contribution in [0.25, 0.3) is 0 Å². The number of hydrogen-bond acceptors (Lipinski definition) is 7. The maximum atomic E-state index is 11.1. The summed E-state index contributed by atoms with van der Waals surface area (Å²) in [6.07, 6.45) is 4.80. The Labute approximate surface area is 179 Å². The van der Waals surface area contributed by atoms with Gasteiger partial charge in [-0.3, -0.25) is 14.4 Å². The average Bonchev–Trinajstić information content (AvgIpc) is 2.64. The standard InChI is InChI=1S/C18H28N4O7.ClH/c19-12(16(24)25)3-1-2-6-22-8-10(4-5-13(20)17(26)27)11(15(23)9-22)7-14(21)18(28)29;/h8-9,12-14H,1-7,19-21H2,(H3-,23,24,25,26,27,28,29);1H/p+1. The van der Waals surface area contributed by atoms with Crippen LogP contribution in [0.5, 0.6) is 5.75 Å². The number of carboxylic acids is 3. The van der Waals surface area contributed by atoms with Crippen molar-refractivity contribution in [2.24, 2.45) is 17.2 Å². The second-order valence-corrected chi connectivity index (χ2v) is 6.96. The maximum Gasteiger partial charge on any atom is 0.320 e. The summed E-state index contributed by atoms with van der Waals surface area (Å²) < 4.78 is 1.68. The minimum absolute atomic E-state index is 0. The zero-order chi connectivity index (χ0) is 22.1. The molecule has 0 aromatic carbocycles. The molecule has 0 aliphatic rings. The van der Waals surface area contributed by atoms with E-state index in [1.165, 1.54) is 6.20 Å². The first-order chi connectivity index (χ1) is 13.5. The molecule has 0 fully saturated rings. The number of pyridine rings is 1. The van der Waals surface area contributed by atoms with Crippen molar-refractivity contribution in [1.82, 2.24) is 0 Å². The molecule has 0 spiro atoms. The topological polar surface area (TPSA) is 214 Å². The van der Waals surface area contributed by atoms with Gasteiger partial charge in [0, 0.05) is 24.0 Å². The fraction of sp³-hybridized carbons (Fsp3) is 0.556. The van der Waals surface area contributed by atoms with Crippen LogP contribution in [0, 0.1) is 0 Å². The van der Waals surface area contributed by atoms with Gasteiger partial charge in [-0.1, -0.05) is 0 Å². The number of aromatic nitrogens is 1. The third kappa shape index (κ3) is 8.91. The summed E-state index contributed by atoms with van der Waals surface area (Å²) in [6.45, 7) is 0.461. The summed E-state index contributed by atoms with van der Waals surface area (Å²) in [4.78, 5) is 32.8. The molecule has 170 valence electrons. The first kappa shape index (κ1) is 27.5. The number of carbonyl (C=O) groups is 3. The summed E-state index contributed by atoms with van der Waals surface area (Å²) in [5.74, 6) is -3.59. The van der Waals surface area contributed by atoms with Gasteiger partial charge in [0.25, 0.3) is 0 Å². The molecular weight excluding hydrogens is 420 g/mol. The third-order valence-corrected chi connectivity index (χ3v) is 4.59. The van der Waals surface area contributed by atoms with E-state index < -0.39 is 36.0 Å². The van der Waals surface area contributed by atoms with Crippen molar-refractivity contribution in [3.63, 3.8) is 0 Å². The number of aliphatic carboxylic acids is 3. The molecule has 1 aromatic heterocycles. The van der Waals surface area contributed by atoms with Gasteiger partial charge < -0.3 is 37.6 Å². The first-order valence-corrected chi connectivity index (χ1v) is 9.21. The average molecular weight is 450 g/mol. The Hall–Kier alpha value is -2.47. The predicted molar refractivity (Wildman–Crippen MR) is 108 cm³/mol. The molecule has 0 aliphatic heterocycles. The minimum atomic E-state index is -1.22. The van der Waals surface area contributed by atoms with E-state index in [1.54, 1.807) is 10.8 Å². The van der Waals surface area contributed by atoms with E-state index in [9.17, 15) is 19.5 Å². The Morgan fingerprint density at radius 1 is 0.867 bits per heavy atom. The number of hydrogen-bond donors (Lipinski definition) is 7. The third-order valence-electron chi connectivity index (χ3n) is 4.59. The van der Waals surface area contributed by atoms with Gasteiger partial charge in [-0.05, 0) is 25.7 Å². The van der Waals surface area contributed by atoms with Crippen molar-refractivity contribution >= 4 is 30.3 Å². The highest BCUT2D eigenvalue weighted by Gasteiger charge is 2.23. The van der Waals surface area contributed by atoms with Crippen molar-refractivity contribution in [3.8, 4) is 5.75 Å². The van der Waals surface area contributed by atoms with Gasteiger partial charge in [0.1, 0.15) is 24.7 Å². The molecule has 1 rings (SSSR count). The number of aryl methyl sites for hydroxylation is 2. The van der Waals surface area contributed by atoms with E-state index in [4.69, 9.17) is 32.5 Å². The van der Waals surface area contributed by atoms with Gasteiger partial charge in [0.05, 0.1) is 0 Å². The molecular formula is C18H30ClN4O7+. The number of nitrogens with two attached hydrogens (primary N) is 3. The van der Waals surface area contributed by atoms with E-state index in [2.05, 4.69) is 0 Å². The van der Waals surface area contributed by atoms with Crippen molar-refractivity contribution in [2.75, 3.05) is 0 Å². The number of halogens is 1. The maximum absolute atomic E-state index is 11.1. The van der Waals surface area contributed by atoms with Gasteiger partial charge in [0.15, 0.2) is 11.9 Å². The predicted octanol–water partition coefficient (Wildman–Crippen LogP) is -1.02. The van der Waals surface area contributed by atoms with E-state index in [-0.39, 0.29) is 37.4 Å². The van der Waals surface area contributed by atoms with E-state index >= 15 is 0 Å². The van der Waals surface area contributed by atoms with Crippen LogP contribution in [0.1, 0.15) is 36.8 Å². The highest BCUT2D eigenvalue weighted by molar-refractivity contribution is 5.85. The summed E-state index contributed by atoms with van der Waals surface area (Å²) in [5.41, 5.74) is 17.5. The molecule has 0 bridgehead atoms. The molecule has 1 heterocycles. The van der Waals surface area contributed by atoms with Gasteiger partial charge in [-0.25, -0.2) is 4.57 Å². The second-order valence-electron chi connectivity index (χ2n) is 6.96. The van der Waals surface area contributed by atoms with Gasteiger partial charge in [-0.2, -0.15) is 0 Å². The summed E-state index contributed by atoms with van der Waals surface area (Å²) in [5, 5.41) is 37.2. The lowest BCUT2D eigenvalue weighted by Crippen LogP contribution is -2.37. The number of aromatic hydroxyl groups is 1. The zero-order valence-electron chi connectivity index (χ0n) is 16.4. The molecule has 10 N–H and O–H groups in total. The molecule has 0 aliphatic carbocycles. The fourth-order valence-electron chi connectivity index (χ4n) is 2.82. The van der Waals surface area contributed by atoms with Crippen LogP contribution < -0.4 is 21.8 Å². The fourth-order valence-corrected chi connectivity index (χ4v) is 2.82. The van der Waals surface area contributed by atoms with E-state index in [1.807, 2.05) is 0 Å². The van der Waals surface area contributed by atoms with Crippen LogP contribution in [0.3, 0.4) is 0 Å². The SMILES string of the molecule is Cl.NC(CCCC[n+]1cc(O)c(CC(N)C(=O)O)c(CCC(N)C(=O)O)c1)C(=O)O. The molecule has 12 heteroatoms. The number of nitrogens with zero attached hydrogens (tertiary/aromatic N) is 1. The van der Waals surface area contributed by atoms with Crippen molar-refractivity contribution in [2.45, 2.75) is 63.2 Å². The highest BCUT2D eigenvalue weighted by atomic mass is 35.5. The van der Waals surface area contributed by atoms with Crippen LogP contribution in [-0.4, -0.2) is 56.5 Å². The van der Waals surface area contributed by atoms with Crippen molar-refractivity contribution in [1.29, 1.82) is 0 Å². The quantitative estimate of drug-likeness (QED) is 0.144. The summed E-state index contributed by atoms with van der Waals surface area (Å²) in [6, 6.07) is -3.24. The molecule has 0 saturated carbocycles. The molecule has 0 saturated heterocycles. The smallest absolute Gasteiger partial charge is 0.320 e. The van der Waals surface area contributed by atoms with Crippen LogP contribution in [0.15, 0.2) is 12.4 Å². The summed E-state index contributed by atoms with van der Waals surface area (Å²) >= 11 is 0. The van der Waals surface area contributed by atoms with Gasteiger partial charge >= 0.3 is 17.9 Å². The van der Waals surface area contributed by atoms with Gasteiger partial charge in [0.2, 0.25) is 6.20 Å². The molecule has 0 amide bonds. The lowest BCUT2D eigenvalue weighted by Gasteiger charge is -2.14. The van der Waals surface area contributed by atoms with Gasteiger partial charge in [-0.15, -0.1) is 12.4 Å². The van der Waals surface area contributed by atoms with E-state index in [0.29, 0.717) is 36.9 Å². The van der Waals surface area contributed by atoms with Crippen LogP contribution in [0.2, 0.25) is 0 Å². The Bertz CT molecular complexity index is 747. The van der Waals surface area contributed by atoms with Crippen LogP contribution in [-0.2, 0) is 33.8 Å². The van der Waals surface area contributed by atoms with Crippen molar-refractivity contribution < 1.29 is 39.4 Å². The van der Waals surface area contributed by atoms with Crippen LogP contribution in [0.4, 0.5) is 0 Å². The minimum Gasteiger partial charge on any atom is -0.503 e. The molecule has 11 nitrogen and oxygen atoms in total. The number of unbranched alkanes of at least 4 members (excludes halogenated alkanes) is 1. The largest absolute Gasteiger partial charge is 0.503 e. The monoisotopic (exact) mass is 449 g/mol. The molecule has 30 heavy (non-hydrogen) atoms. The zero-order valence-corrected chi connectivity index (χ0v) is 17.3. The normalized spacial score (nSPS) is 13.7. The van der Waals surface area contributed by atoms with Crippen molar-refractivity contribution in [3.05, 3.63) is 23.5 Å².